The lowest BCUT2D eigenvalue weighted by Crippen LogP contribution is -2.46. The normalized spacial score (nSPS) is 17.6. The predicted octanol–water partition coefficient (Wildman–Crippen LogP) is 4.64. The average molecular weight is 511 g/mol. The van der Waals surface area contributed by atoms with Crippen LogP contribution >= 0.6 is 24.8 Å². The number of nitrogens with zero attached hydrogens (tertiary/aromatic N) is 2. The Morgan fingerprint density at radius 2 is 1.79 bits per heavy atom. The molecule has 2 aromatic carbocycles. The van der Waals surface area contributed by atoms with Crippen molar-refractivity contribution in [3.05, 3.63) is 53.6 Å². The molecule has 1 heterocycles. The van der Waals surface area contributed by atoms with E-state index in [0.717, 1.165) is 69.9 Å². The molecule has 0 radical (unpaired) electrons. The van der Waals surface area contributed by atoms with Crippen LogP contribution in [0, 0.1) is 0 Å². The number of halogens is 2. The van der Waals surface area contributed by atoms with Crippen LogP contribution in [-0.2, 0) is 11.2 Å². The first-order valence-corrected chi connectivity index (χ1v) is 11.7. The maximum Gasteiger partial charge on any atom is 0.220 e. The van der Waals surface area contributed by atoms with E-state index in [1.807, 2.05) is 18.2 Å². The van der Waals surface area contributed by atoms with Crippen LogP contribution in [0.4, 0.5) is 5.69 Å². The fraction of sp³-hybridized carbons (Fsp3) is 0.500. The molecule has 2 aromatic rings. The molecule has 34 heavy (non-hydrogen) atoms. The number of anilines is 1. The summed E-state index contributed by atoms with van der Waals surface area (Å²) in [5.41, 5.74) is 3.71. The van der Waals surface area contributed by atoms with Crippen LogP contribution in [-0.4, -0.2) is 57.8 Å². The molecule has 1 aliphatic carbocycles. The molecule has 1 unspecified atom stereocenters. The number of fused-ring (bicyclic) bond motifs is 1. The van der Waals surface area contributed by atoms with Gasteiger partial charge in [0.05, 0.1) is 25.9 Å². The van der Waals surface area contributed by atoms with Crippen LogP contribution in [0.2, 0.25) is 0 Å². The van der Waals surface area contributed by atoms with E-state index in [-0.39, 0.29) is 36.8 Å². The molecule has 6 nitrogen and oxygen atoms in total. The van der Waals surface area contributed by atoms with Gasteiger partial charge in [-0.2, -0.15) is 0 Å². The Hall–Kier alpha value is -2.15. The van der Waals surface area contributed by atoms with Crippen LogP contribution < -0.4 is 19.7 Å². The summed E-state index contributed by atoms with van der Waals surface area (Å²) in [7, 11) is 3.42. The van der Waals surface area contributed by atoms with Gasteiger partial charge in [-0.05, 0) is 67.6 Å². The third-order valence-electron chi connectivity index (χ3n) is 6.68. The standard InChI is InChI=1S/C26H35N3O3.2ClH/c1-31-21-12-13-22-20(19-21)7-5-8-23(22)27-26(30)11-6-14-28-15-17-29(18-16-28)24-9-3-4-10-25(24)32-2;;/h3-4,9-10,12-13,19,23H,5-8,11,14-18H2,1-2H3,(H,27,30);2*1H. The SMILES string of the molecule is COc1ccc2c(c1)CCCC2NC(=O)CCCN1CCN(c2ccccc2OC)CC1.Cl.Cl. The van der Waals surface area contributed by atoms with Gasteiger partial charge in [-0.3, -0.25) is 9.69 Å². The zero-order chi connectivity index (χ0) is 22.3. The monoisotopic (exact) mass is 509 g/mol. The van der Waals surface area contributed by atoms with E-state index in [0.29, 0.717) is 6.42 Å². The molecular weight excluding hydrogens is 473 g/mol. The van der Waals surface area contributed by atoms with E-state index >= 15 is 0 Å². The summed E-state index contributed by atoms with van der Waals surface area (Å²) in [4.78, 5) is 17.5. The average Bonchev–Trinajstić information content (AvgIpc) is 2.84. The molecule has 2 aliphatic rings. The first-order chi connectivity index (χ1) is 15.7. The van der Waals surface area contributed by atoms with Crippen molar-refractivity contribution < 1.29 is 14.3 Å². The molecule has 1 aliphatic heterocycles. The molecule has 0 bridgehead atoms. The zero-order valence-electron chi connectivity index (χ0n) is 20.1. The number of rotatable bonds is 8. The Kier molecular flexibility index (Phi) is 11.3. The van der Waals surface area contributed by atoms with Crippen LogP contribution in [0.25, 0.3) is 0 Å². The van der Waals surface area contributed by atoms with Crippen molar-refractivity contribution in [2.75, 3.05) is 51.8 Å². The fourth-order valence-electron chi connectivity index (χ4n) is 4.90. The number of ether oxygens (including phenoxy) is 2. The van der Waals surface area contributed by atoms with Crippen LogP contribution in [0.3, 0.4) is 0 Å². The second-order valence-corrected chi connectivity index (χ2v) is 8.68. The molecule has 1 saturated heterocycles. The number of hydrogen-bond donors (Lipinski definition) is 1. The minimum Gasteiger partial charge on any atom is -0.497 e. The van der Waals surface area contributed by atoms with E-state index in [2.05, 4.69) is 39.4 Å². The molecule has 0 saturated carbocycles. The van der Waals surface area contributed by atoms with E-state index < -0.39 is 0 Å². The number of amides is 1. The lowest BCUT2D eigenvalue weighted by molar-refractivity contribution is -0.122. The van der Waals surface area contributed by atoms with Crippen molar-refractivity contribution in [3.63, 3.8) is 0 Å². The third-order valence-corrected chi connectivity index (χ3v) is 6.68. The Bertz CT molecular complexity index is 920. The predicted molar refractivity (Wildman–Crippen MR) is 142 cm³/mol. The highest BCUT2D eigenvalue weighted by atomic mass is 35.5. The number of methoxy groups -OCH3 is 2. The Morgan fingerprint density at radius 3 is 2.53 bits per heavy atom. The van der Waals surface area contributed by atoms with E-state index in [4.69, 9.17) is 9.47 Å². The van der Waals surface area contributed by atoms with Gasteiger partial charge in [-0.15, -0.1) is 24.8 Å². The fourth-order valence-corrected chi connectivity index (χ4v) is 4.90. The smallest absolute Gasteiger partial charge is 0.220 e. The Labute approximate surface area is 215 Å². The van der Waals surface area contributed by atoms with Gasteiger partial charge >= 0.3 is 0 Å². The van der Waals surface area contributed by atoms with Gasteiger partial charge in [0.1, 0.15) is 11.5 Å². The molecule has 4 rings (SSSR count). The van der Waals surface area contributed by atoms with Gasteiger partial charge in [-0.1, -0.05) is 18.2 Å². The van der Waals surface area contributed by atoms with Gasteiger partial charge in [0.2, 0.25) is 5.91 Å². The highest BCUT2D eigenvalue weighted by molar-refractivity contribution is 5.85. The number of hydrogen-bond acceptors (Lipinski definition) is 5. The summed E-state index contributed by atoms with van der Waals surface area (Å²) >= 11 is 0. The number of para-hydroxylation sites is 2. The minimum absolute atomic E-state index is 0. The van der Waals surface area contributed by atoms with Crippen molar-refractivity contribution >= 4 is 36.4 Å². The maximum absolute atomic E-state index is 12.6. The van der Waals surface area contributed by atoms with Gasteiger partial charge in [-0.25, -0.2) is 0 Å². The van der Waals surface area contributed by atoms with Gasteiger partial charge in [0.25, 0.3) is 0 Å². The molecule has 0 spiro atoms. The van der Waals surface area contributed by atoms with Crippen molar-refractivity contribution in [1.82, 2.24) is 10.2 Å². The van der Waals surface area contributed by atoms with Crippen molar-refractivity contribution in [3.8, 4) is 11.5 Å². The Morgan fingerprint density at radius 1 is 1.03 bits per heavy atom. The van der Waals surface area contributed by atoms with Gasteiger partial charge in [0, 0.05) is 32.6 Å². The largest absolute Gasteiger partial charge is 0.497 e. The topological polar surface area (TPSA) is 54.0 Å². The second kappa shape index (κ2) is 13.7. The number of carbonyl (C=O) groups excluding carboxylic acids is 1. The quantitative estimate of drug-likeness (QED) is 0.561. The Balaban J connectivity index is 0.00000204. The summed E-state index contributed by atoms with van der Waals surface area (Å²) in [6.45, 7) is 4.95. The molecule has 8 heteroatoms. The third kappa shape index (κ3) is 6.94. The zero-order valence-corrected chi connectivity index (χ0v) is 21.8. The van der Waals surface area contributed by atoms with Crippen molar-refractivity contribution in [1.29, 1.82) is 0 Å². The van der Waals surface area contributed by atoms with Crippen LogP contribution in [0.1, 0.15) is 42.9 Å². The number of nitrogens with one attached hydrogen (secondary N) is 1. The van der Waals surface area contributed by atoms with Crippen molar-refractivity contribution in [2.24, 2.45) is 0 Å². The maximum atomic E-state index is 12.6. The summed E-state index contributed by atoms with van der Waals surface area (Å²) in [6, 6.07) is 14.5. The summed E-state index contributed by atoms with van der Waals surface area (Å²) < 4.78 is 10.9. The molecule has 1 amide bonds. The van der Waals surface area contributed by atoms with E-state index in [1.54, 1.807) is 14.2 Å². The molecule has 188 valence electrons. The summed E-state index contributed by atoms with van der Waals surface area (Å²) in [5, 5.41) is 3.27. The number of carbonyl (C=O) groups is 1. The molecule has 1 N–H and O–H groups in total. The van der Waals surface area contributed by atoms with Gasteiger partial charge in [0.15, 0.2) is 0 Å². The molecule has 0 aromatic heterocycles. The van der Waals surface area contributed by atoms with E-state index in [1.165, 1.54) is 16.8 Å². The van der Waals surface area contributed by atoms with Crippen molar-refractivity contribution in [2.45, 2.75) is 38.1 Å². The molecule has 1 atom stereocenters. The highest BCUT2D eigenvalue weighted by Crippen LogP contribution is 2.32. The van der Waals surface area contributed by atoms with Gasteiger partial charge < -0.3 is 19.7 Å². The summed E-state index contributed by atoms with van der Waals surface area (Å²) in [6.07, 6.45) is 4.63. The second-order valence-electron chi connectivity index (χ2n) is 8.68. The van der Waals surface area contributed by atoms with Crippen LogP contribution in [0.15, 0.2) is 42.5 Å². The van der Waals surface area contributed by atoms with Crippen LogP contribution in [0.5, 0.6) is 11.5 Å². The number of benzene rings is 2. The highest BCUT2D eigenvalue weighted by Gasteiger charge is 2.23. The lowest BCUT2D eigenvalue weighted by atomic mass is 9.87. The first-order valence-electron chi connectivity index (χ1n) is 11.7. The number of piperazine rings is 1. The molecular formula is C26H37Cl2N3O3. The van der Waals surface area contributed by atoms with E-state index in [9.17, 15) is 4.79 Å². The first kappa shape index (κ1) is 28.1. The molecule has 1 fully saturated rings. The lowest BCUT2D eigenvalue weighted by Gasteiger charge is -2.36. The summed E-state index contributed by atoms with van der Waals surface area (Å²) in [5.74, 6) is 1.98. The minimum atomic E-state index is 0. The number of aryl methyl sites for hydroxylation is 1.